The minimum absolute atomic E-state index is 0.145. The smallest absolute Gasteiger partial charge is 0.234 e. The Kier molecular flexibility index (Phi) is 6.56. The lowest BCUT2D eigenvalue weighted by molar-refractivity contribution is -0.113. The number of carbonyl (C=O) groups is 1. The van der Waals surface area contributed by atoms with Crippen LogP contribution in [0.25, 0.3) is 11.3 Å². The Morgan fingerprint density at radius 2 is 1.84 bits per heavy atom. The molecule has 0 radical (unpaired) electrons. The van der Waals surface area contributed by atoms with Gasteiger partial charge in [-0.3, -0.25) is 4.79 Å². The number of nitrogen functional groups attached to an aromatic ring is 1. The Labute approximate surface area is 190 Å². The average Bonchev–Trinajstić information content (AvgIpc) is 3.17. The summed E-state index contributed by atoms with van der Waals surface area (Å²) in [6.07, 6.45) is 1.76. The molecule has 162 valence electrons. The first-order valence-corrected chi connectivity index (χ1v) is 11.1. The van der Waals surface area contributed by atoms with Gasteiger partial charge >= 0.3 is 0 Å². The fraction of sp³-hybridized carbons (Fsp3) is 0.120. The van der Waals surface area contributed by atoms with Crippen LogP contribution in [0.5, 0.6) is 0 Å². The summed E-state index contributed by atoms with van der Waals surface area (Å²) in [6.45, 7) is 2.64. The molecule has 0 saturated heterocycles. The molecule has 0 spiro atoms. The number of thioether (sulfide) groups is 1. The third-order valence-electron chi connectivity index (χ3n) is 4.92. The molecule has 4 rings (SSSR count). The second-order valence-corrected chi connectivity index (χ2v) is 8.41. The first-order valence-electron chi connectivity index (χ1n) is 10.1. The van der Waals surface area contributed by atoms with Gasteiger partial charge in [0, 0.05) is 11.4 Å². The number of nitrogens with zero attached hydrogens (tertiary/aromatic N) is 2. The predicted octanol–water partition coefficient (Wildman–Crippen LogP) is 5.36. The molecule has 0 bridgehead atoms. The van der Waals surface area contributed by atoms with Crippen LogP contribution in [-0.2, 0) is 11.3 Å². The van der Waals surface area contributed by atoms with Crippen LogP contribution in [0, 0.1) is 12.7 Å². The first kappa shape index (κ1) is 21.6. The molecule has 1 heterocycles. The number of amides is 1. The molecule has 32 heavy (non-hydrogen) atoms. The van der Waals surface area contributed by atoms with Gasteiger partial charge in [0.2, 0.25) is 5.91 Å². The van der Waals surface area contributed by atoms with Crippen LogP contribution in [0.3, 0.4) is 0 Å². The van der Waals surface area contributed by atoms with Crippen molar-refractivity contribution < 1.29 is 9.18 Å². The van der Waals surface area contributed by atoms with E-state index in [0.717, 1.165) is 16.8 Å². The van der Waals surface area contributed by atoms with Crippen molar-refractivity contribution in [3.63, 3.8) is 0 Å². The summed E-state index contributed by atoms with van der Waals surface area (Å²) in [5, 5.41) is 3.57. The van der Waals surface area contributed by atoms with E-state index in [9.17, 15) is 9.18 Å². The van der Waals surface area contributed by atoms with Crippen molar-refractivity contribution in [1.82, 2.24) is 9.55 Å². The van der Waals surface area contributed by atoms with E-state index >= 15 is 0 Å². The molecule has 4 aromatic rings. The Morgan fingerprint density at radius 3 is 2.56 bits per heavy atom. The predicted molar refractivity (Wildman–Crippen MR) is 128 cm³/mol. The summed E-state index contributed by atoms with van der Waals surface area (Å²) in [5.41, 5.74) is 11.1. The van der Waals surface area contributed by atoms with Crippen molar-refractivity contribution in [2.45, 2.75) is 18.6 Å². The molecule has 7 heteroatoms. The van der Waals surface area contributed by atoms with E-state index in [1.165, 1.54) is 29.5 Å². The summed E-state index contributed by atoms with van der Waals surface area (Å²) < 4.78 is 15.5. The molecule has 0 saturated carbocycles. The van der Waals surface area contributed by atoms with Gasteiger partial charge < -0.3 is 15.6 Å². The minimum Gasteiger partial charge on any atom is -0.399 e. The Morgan fingerprint density at radius 1 is 1.09 bits per heavy atom. The monoisotopic (exact) mass is 446 g/mol. The van der Waals surface area contributed by atoms with Crippen LogP contribution in [0.4, 0.5) is 15.8 Å². The summed E-state index contributed by atoms with van der Waals surface area (Å²) in [6, 6.07) is 21.7. The minimum atomic E-state index is -0.286. The fourth-order valence-corrected chi connectivity index (χ4v) is 4.08. The molecule has 0 aliphatic carbocycles. The summed E-state index contributed by atoms with van der Waals surface area (Å²) >= 11 is 1.35. The molecule has 1 aromatic heterocycles. The zero-order valence-electron chi connectivity index (χ0n) is 17.6. The molecule has 0 atom stereocenters. The van der Waals surface area contributed by atoms with Crippen molar-refractivity contribution in [1.29, 1.82) is 0 Å². The van der Waals surface area contributed by atoms with Gasteiger partial charge in [-0.15, -0.1) is 0 Å². The van der Waals surface area contributed by atoms with Gasteiger partial charge in [-0.25, -0.2) is 9.37 Å². The fourth-order valence-electron chi connectivity index (χ4n) is 3.30. The number of imidazole rings is 1. The van der Waals surface area contributed by atoms with Crippen molar-refractivity contribution in [3.8, 4) is 11.3 Å². The van der Waals surface area contributed by atoms with Crippen LogP contribution in [0.2, 0.25) is 0 Å². The zero-order chi connectivity index (χ0) is 22.5. The van der Waals surface area contributed by atoms with Crippen LogP contribution in [0.1, 0.15) is 11.1 Å². The Balaban J connectivity index is 1.55. The van der Waals surface area contributed by atoms with Gasteiger partial charge in [0.25, 0.3) is 0 Å². The third kappa shape index (κ3) is 5.36. The quantitative estimate of drug-likeness (QED) is 0.296. The number of benzene rings is 3. The van der Waals surface area contributed by atoms with Crippen LogP contribution >= 0.6 is 11.8 Å². The van der Waals surface area contributed by atoms with Gasteiger partial charge in [-0.1, -0.05) is 47.7 Å². The number of halogens is 1. The number of hydrogen-bond acceptors (Lipinski definition) is 4. The van der Waals surface area contributed by atoms with Crippen LogP contribution < -0.4 is 11.1 Å². The standard InChI is InChI=1S/C25H23FN4OS/c1-17-5-7-18(8-6-17)15-30-23(19-9-11-20(26)12-10-19)14-28-25(30)32-16-24(31)29-22-4-2-3-21(27)13-22/h2-14H,15-16,27H2,1H3,(H,29,31). The largest absolute Gasteiger partial charge is 0.399 e. The highest BCUT2D eigenvalue weighted by Gasteiger charge is 2.15. The second kappa shape index (κ2) is 9.70. The van der Waals surface area contributed by atoms with E-state index in [2.05, 4.69) is 39.1 Å². The van der Waals surface area contributed by atoms with Crippen molar-refractivity contribution >= 4 is 29.0 Å². The van der Waals surface area contributed by atoms with Gasteiger partial charge in [0.15, 0.2) is 5.16 Å². The van der Waals surface area contributed by atoms with Crippen molar-refractivity contribution in [2.75, 3.05) is 16.8 Å². The summed E-state index contributed by atoms with van der Waals surface area (Å²) in [7, 11) is 0. The SMILES string of the molecule is Cc1ccc(Cn2c(-c3ccc(F)cc3)cnc2SCC(=O)Nc2cccc(N)c2)cc1. The molecular weight excluding hydrogens is 423 g/mol. The molecule has 0 aliphatic rings. The molecule has 3 N–H and O–H groups in total. The maximum atomic E-state index is 13.4. The number of hydrogen-bond donors (Lipinski definition) is 2. The van der Waals surface area contributed by atoms with E-state index in [1.807, 2.05) is 6.92 Å². The maximum absolute atomic E-state index is 13.4. The summed E-state index contributed by atoms with van der Waals surface area (Å²) in [5.74, 6) is -0.234. The molecular formula is C25H23FN4OS. The number of carbonyl (C=O) groups excluding carboxylic acids is 1. The molecule has 5 nitrogen and oxygen atoms in total. The van der Waals surface area contributed by atoms with Gasteiger partial charge in [-0.2, -0.15) is 0 Å². The number of aryl methyl sites for hydroxylation is 1. The van der Waals surface area contributed by atoms with Crippen LogP contribution in [0.15, 0.2) is 84.1 Å². The number of aromatic nitrogens is 2. The van der Waals surface area contributed by atoms with E-state index in [1.54, 1.807) is 42.6 Å². The highest BCUT2D eigenvalue weighted by atomic mass is 32.2. The molecule has 0 unspecified atom stereocenters. The lowest BCUT2D eigenvalue weighted by Gasteiger charge is -2.13. The average molecular weight is 447 g/mol. The molecule has 0 fully saturated rings. The number of nitrogens with one attached hydrogen (secondary N) is 1. The normalized spacial score (nSPS) is 10.8. The van der Waals surface area contributed by atoms with Gasteiger partial charge in [-0.05, 0) is 60.5 Å². The topological polar surface area (TPSA) is 72.9 Å². The van der Waals surface area contributed by atoms with Crippen molar-refractivity contribution in [2.24, 2.45) is 0 Å². The Bertz CT molecular complexity index is 1220. The molecule has 3 aromatic carbocycles. The van der Waals surface area contributed by atoms with E-state index < -0.39 is 0 Å². The van der Waals surface area contributed by atoms with E-state index in [0.29, 0.717) is 23.1 Å². The number of rotatable bonds is 7. The molecule has 0 aliphatic heterocycles. The maximum Gasteiger partial charge on any atom is 0.234 e. The van der Waals surface area contributed by atoms with Gasteiger partial charge in [0.1, 0.15) is 5.82 Å². The number of nitrogens with two attached hydrogens (primary N) is 1. The van der Waals surface area contributed by atoms with E-state index in [-0.39, 0.29) is 17.5 Å². The highest BCUT2D eigenvalue weighted by Crippen LogP contribution is 2.28. The second-order valence-electron chi connectivity index (χ2n) is 7.47. The Hall–Kier alpha value is -3.58. The molecule has 1 amide bonds. The lowest BCUT2D eigenvalue weighted by Crippen LogP contribution is -2.15. The lowest BCUT2D eigenvalue weighted by atomic mass is 10.1. The van der Waals surface area contributed by atoms with Crippen molar-refractivity contribution in [3.05, 3.63) is 95.9 Å². The van der Waals surface area contributed by atoms with Gasteiger partial charge in [0.05, 0.1) is 24.2 Å². The van der Waals surface area contributed by atoms with Crippen LogP contribution in [-0.4, -0.2) is 21.2 Å². The number of anilines is 2. The first-order chi connectivity index (χ1) is 15.5. The van der Waals surface area contributed by atoms with E-state index in [4.69, 9.17) is 5.73 Å². The summed E-state index contributed by atoms with van der Waals surface area (Å²) in [4.78, 5) is 17.0. The third-order valence-corrected chi connectivity index (χ3v) is 5.91. The highest BCUT2D eigenvalue weighted by molar-refractivity contribution is 7.99. The zero-order valence-corrected chi connectivity index (χ0v) is 18.4.